The van der Waals surface area contributed by atoms with E-state index in [-0.39, 0.29) is 11.8 Å². The Hall–Kier alpha value is -1.62. The van der Waals surface area contributed by atoms with E-state index >= 15 is 0 Å². The van der Waals surface area contributed by atoms with Gasteiger partial charge in [0, 0.05) is 18.4 Å². The van der Waals surface area contributed by atoms with Gasteiger partial charge in [-0.3, -0.25) is 9.78 Å². The largest absolute Gasteiger partial charge is 0.393 e. The number of carbonyl (C=O) groups is 1. The SMILES string of the molecule is NC(=O)c1cc(NCC2CCC(O)CC2)ccn1. The second kappa shape index (κ2) is 5.82. The highest BCUT2D eigenvalue weighted by atomic mass is 16.3. The predicted octanol–water partition coefficient (Wildman–Crippen LogP) is 1.14. The van der Waals surface area contributed by atoms with Crippen LogP contribution in [0, 0.1) is 5.92 Å². The van der Waals surface area contributed by atoms with Gasteiger partial charge in [0.05, 0.1) is 6.10 Å². The molecule has 5 nitrogen and oxygen atoms in total. The summed E-state index contributed by atoms with van der Waals surface area (Å²) in [5.41, 5.74) is 6.32. The van der Waals surface area contributed by atoms with E-state index in [0.717, 1.165) is 37.9 Å². The quantitative estimate of drug-likeness (QED) is 0.746. The number of aliphatic hydroxyl groups excluding tert-OH is 1. The average molecular weight is 249 g/mol. The van der Waals surface area contributed by atoms with Gasteiger partial charge < -0.3 is 16.2 Å². The van der Waals surface area contributed by atoms with Gasteiger partial charge in [0.15, 0.2) is 0 Å². The molecule has 1 heterocycles. The highest BCUT2D eigenvalue weighted by molar-refractivity contribution is 5.91. The molecule has 98 valence electrons. The van der Waals surface area contributed by atoms with Gasteiger partial charge >= 0.3 is 0 Å². The molecule has 1 aliphatic carbocycles. The molecule has 18 heavy (non-hydrogen) atoms. The van der Waals surface area contributed by atoms with E-state index in [1.807, 2.05) is 6.07 Å². The highest BCUT2D eigenvalue weighted by Crippen LogP contribution is 2.24. The summed E-state index contributed by atoms with van der Waals surface area (Å²) in [7, 11) is 0. The van der Waals surface area contributed by atoms with Crippen LogP contribution in [-0.2, 0) is 0 Å². The third kappa shape index (κ3) is 3.43. The van der Waals surface area contributed by atoms with Gasteiger partial charge in [-0.2, -0.15) is 0 Å². The minimum Gasteiger partial charge on any atom is -0.393 e. The smallest absolute Gasteiger partial charge is 0.267 e. The standard InChI is InChI=1S/C13H19N3O2/c14-13(18)12-7-10(5-6-15-12)16-8-9-1-3-11(17)4-2-9/h5-7,9,11,17H,1-4,8H2,(H2,14,18)(H,15,16). The van der Waals surface area contributed by atoms with Gasteiger partial charge in [0.25, 0.3) is 5.91 Å². The van der Waals surface area contributed by atoms with E-state index in [2.05, 4.69) is 10.3 Å². The van der Waals surface area contributed by atoms with E-state index in [0.29, 0.717) is 5.92 Å². The summed E-state index contributed by atoms with van der Waals surface area (Å²) in [5.74, 6) is 0.0676. The van der Waals surface area contributed by atoms with Crippen LogP contribution in [0.25, 0.3) is 0 Å². The lowest BCUT2D eigenvalue weighted by molar-refractivity contribution is 0.0995. The van der Waals surface area contributed by atoms with Crippen LogP contribution in [0.1, 0.15) is 36.2 Å². The number of aromatic nitrogens is 1. The molecule has 5 heteroatoms. The molecule has 0 aromatic carbocycles. The van der Waals surface area contributed by atoms with Gasteiger partial charge in [-0.15, -0.1) is 0 Å². The van der Waals surface area contributed by atoms with Crippen LogP contribution in [0.2, 0.25) is 0 Å². The fourth-order valence-corrected chi connectivity index (χ4v) is 2.29. The van der Waals surface area contributed by atoms with Crippen LogP contribution in [0.15, 0.2) is 18.3 Å². The Morgan fingerprint density at radius 3 is 2.83 bits per heavy atom. The monoisotopic (exact) mass is 249 g/mol. The third-order valence-corrected chi connectivity index (χ3v) is 3.42. The molecule has 4 N–H and O–H groups in total. The maximum Gasteiger partial charge on any atom is 0.267 e. The van der Waals surface area contributed by atoms with E-state index in [9.17, 15) is 9.90 Å². The zero-order valence-corrected chi connectivity index (χ0v) is 10.3. The molecule has 0 aliphatic heterocycles. The molecule has 2 rings (SSSR count). The first-order valence-electron chi connectivity index (χ1n) is 6.33. The van der Waals surface area contributed by atoms with Crippen molar-refractivity contribution in [3.8, 4) is 0 Å². The van der Waals surface area contributed by atoms with Crippen LogP contribution in [0.3, 0.4) is 0 Å². The maximum absolute atomic E-state index is 11.0. The van der Waals surface area contributed by atoms with Crippen LogP contribution >= 0.6 is 0 Å². The van der Waals surface area contributed by atoms with Crippen LogP contribution < -0.4 is 11.1 Å². The zero-order valence-electron chi connectivity index (χ0n) is 10.3. The first kappa shape index (κ1) is 12.8. The van der Waals surface area contributed by atoms with Gasteiger partial charge in [0.1, 0.15) is 5.69 Å². The highest BCUT2D eigenvalue weighted by Gasteiger charge is 2.18. The van der Waals surface area contributed by atoms with Crippen molar-refractivity contribution in [1.82, 2.24) is 4.98 Å². The number of nitrogens with one attached hydrogen (secondary N) is 1. The summed E-state index contributed by atoms with van der Waals surface area (Å²) < 4.78 is 0. The summed E-state index contributed by atoms with van der Waals surface area (Å²) >= 11 is 0. The van der Waals surface area contributed by atoms with E-state index < -0.39 is 5.91 Å². The summed E-state index contributed by atoms with van der Waals surface area (Å²) in [6, 6.07) is 3.49. The second-order valence-corrected chi connectivity index (χ2v) is 4.85. The minimum atomic E-state index is -0.514. The van der Waals surface area contributed by atoms with E-state index in [4.69, 9.17) is 5.73 Å². The molecule has 1 fully saturated rings. The van der Waals surface area contributed by atoms with Crippen molar-refractivity contribution in [1.29, 1.82) is 0 Å². The van der Waals surface area contributed by atoms with Crippen molar-refractivity contribution in [2.75, 3.05) is 11.9 Å². The summed E-state index contributed by atoms with van der Waals surface area (Å²) in [6.07, 6.45) is 5.31. The normalized spacial score (nSPS) is 23.6. The van der Waals surface area contributed by atoms with Crippen molar-refractivity contribution in [3.05, 3.63) is 24.0 Å². The first-order chi connectivity index (χ1) is 8.65. The Morgan fingerprint density at radius 2 is 2.17 bits per heavy atom. The number of carbonyl (C=O) groups excluding carboxylic acids is 1. The molecule has 0 spiro atoms. The molecule has 1 aromatic heterocycles. The second-order valence-electron chi connectivity index (χ2n) is 4.85. The predicted molar refractivity (Wildman–Crippen MR) is 69.2 cm³/mol. The molecule has 1 amide bonds. The molecule has 1 aromatic rings. The number of rotatable bonds is 4. The van der Waals surface area contributed by atoms with Gasteiger partial charge in [0.2, 0.25) is 0 Å². The molecule has 1 saturated carbocycles. The molecule has 0 radical (unpaired) electrons. The number of hydrogen-bond acceptors (Lipinski definition) is 4. The van der Waals surface area contributed by atoms with Crippen LogP contribution in [-0.4, -0.2) is 28.6 Å². The minimum absolute atomic E-state index is 0.122. The summed E-state index contributed by atoms with van der Waals surface area (Å²) in [6.45, 7) is 0.856. The fourth-order valence-electron chi connectivity index (χ4n) is 2.29. The number of nitrogens with zero attached hydrogens (tertiary/aromatic N) is 1. The zero-order chi connectivity index (χ0) is 13.0. The van der Waals surface area contributed by atoms with Crippen LogP contribution in [0.5, 0.6) is 0 Å². The number of hydrogen-bond donors (Lipinski definition) is 3. The maximum atomic E-state index is 11.0. The fraction of sp³-hybridized carbons (Fsp3) is 0.538. The van der Waals surface area contributed by atoms with Crippen molar-refractivity contribution in [2.45, 2.75) is 31.8 Å². The molecular formula is C13H19N3O2. The molecule has 0 bridgehead atoms. The van der Waals surface area contributed by atoms with Crippen LogP contribution in [0.4, 0.5) is 5.69 Å². The molecular weight excluding hydrogens is 230 g/mol. The molecule has 0 atom stereocenters. The number of aliphatic hydroxyl groups is 1. The van der Waals surface area contributed by atoms with E-state index in [1.165, 1.54) is 0 Å². The Labute approximate surface area is 106 Å². The molecule has 0 unspecified atom stereocenters. The van der Waals surface area contributed by atoms with Crippen molar-refractivity contribution in [2.24, 2.45) is 11.7 Å². The lowest BCUT2D eigenvalue weighted by Gasteiger charge is -2.25. The number of anilines is 1. The van der Waals surface area contributed by atoms with Gasteiger partial charge in [-0.05, 0) is 43.7 Å². The molecule has 0 saturated heterocycles. The average Bonchev–Trinajstić information content (AvgIpc) is 2.38. The number of primary amides is 1. The Kier molecular flexibility index (Phi) is 4.15. The topological polar surface area (TPSA) is 88.2 Å². The Balaban J connectivity index is 1.86. The lowest BCUT2D eigenvalue weighted by Crippen LogP contribution is -2.23. The summed E-state index contributed by atoms with van der Waals surface area (Å²) in [4.78, 5) is 14.9. The number of pyridine rings is 1. The van der Waals surface area contributed by atoms with Crippen molar-refractivity contribution < 1.29 is 9.90 Å². The van der Waals surface area contributed by atoms with Gasteiger partial charge in [-0.25, -0.2) is 0 Å². The Bertz CT molecular complexity index is 414. The number of nitrogens with two attached hydrogens (primary N) is 1. The Morgan fingerprint density at radius 1 is 1.44 bits per heavy atom. The molecule has 1 aliphatic rings. The van der Waals surface area contributed by atoms with Crippen molar-refractivity contribution >= 4 is 11.6 Å². The van der Waals surface area contributed by atoms with Crippen molar-refractivity contribution in [3.63, 3.8) is 0 Å². The van der Waals surface area contributed by atoms with E-state index in [1.54, 1.807) is 12.3 Å². The van der Waals surface area contributed by atoms with Gasteiger partial charge in [-0.1, -0.05) is 0 Å². The summed E-state index contributed by atoms with van der Waals surface area (Å²) in [5, 5.41) is 12.7. The first-order valence-corrected chi connectivity index (χ1v) is 6.33. The number of amides is 1. The lowest BCUT2D eigenvalue weighted by atomic mass is 9.87. The third-order valence-electron chi connectivity index (χ3n) is 3.42.